The molecule has 0 atom stereocenters. The van der Waals surface area contributed by atoms with E-state index in [1.54, 1.807) is 6.20 Å². The van der Waals surface area contributed by atoms with Gasteiger partial charge in [-0.2, -0.15) is 13.2 Å². The van der Waals surface area contributed by atoms with Gasteiger partial charge in [0.2, 0.25) is 0 Å². The molecular weight excluding hydrogens is 307 g/mol. The summed E-state index contributed by atoms with van der Waals surface area (Å²) in [5.41, 5.74) is 0.930. The predicted octanol–water partition coefficient (Wildman–Crippen LogP) is 3.00. The van der Waals surface area contributed by atoms with Crippen LogP contribution in [-0.4, -0.2) is 17.4 Å². The number of hydrogen-bond acceptors (Lipinski definition) is 3. The molecule has 0 spiro atoms. The van der Waals surface area contributed by atoms with Crippen molar-refractivity contribution < 1.29 is 18.0 Å². The molecule has 23 heavy (non-hydrogen) atoms. The molecule has 120 valence electrons. The normalized spacial score (nSPS) is 14.2. The van der Waals surface area contributed by atoms with Crippen molar-refractivity contribution in [2.75, 3.05) is 11.9 Å². The van der Waals surface area contributed by atoms with Crippen LogP contribution in [0.25, 0.3) is 0 Å². The second-order valence-corrected chi connectivity index (χ2v) is 5.25. The minimum Gasteiger partial charge on any atom is -0.321 e. The van der Waals surface area contributed by atoms with E-state index in [0.717, 1.165) is 23.7 Å². The van der Waals surface area contributed by atoms with Crippen LogP contribution in [0.15, 0.2) is 36.7 Å². The van der Waals surface area contributed by atoms with Crippen LogP contribution in [0.5, 0.6) is 0 Å². The molecule has 0 saturated carbocycles. The van der Waals surface area contributed by atoms with E-state index in [9.17, 15) is 18.0 Å². The zero-order valence-electron chi connectivity index (χ0n) is 12.1. The SMILES string of the molecule is O=C(Nc1ccccc1C(F)(F)F)c1cncc2c1CCNC2. The van der Waals surface area contributed by atoms with E-state index in [1.807, 2.05) is 0 Å². The summed E-state index contributed by atoms with van der Waals surface area (Å²) in [7, 11) is 0. The average molecular weight is 321 g/mol. The average Bonchev–Trinajstić information content (AvgIpc) is 2.54. The van der Waals surface area contributed by atoms with E-state index in [2.05, 4.69) is 15.6 Å². The number of alkyl halides is 3. The van der Waals surface area contributed by atoms with E-state index in [0.29, 0.717) is 18.5 Å². The van der Waals surface area contributed by atoms with Crippen molar-refractivity contribution in [1.82, 2.24) is 10.3 Å². The van der Waals surface area contributed by atoms with Gasteiger partial charge in [0.25, 0.3) is 5.91 Å². The number of carbonyl (C=O) groups is 1. The van der Waals surface area contributed by atoms with Crippen LogP contribution in [0.3, 0.4) is 0 Å². The molecule has 1 aliphatic heterocycles. The van der Waals surface area contributed by atoms with E-state index in [1.165, 1.54) is 24.4 Å². The Balaban J connectivity index is 1.92. The minimum atomic E-state index is -4.53. The molecule has 1 aliphatic rings. The number of pyridine rings is 1. The van der Waals surface area contributed by atoms with Gasteiger partial charge >= 0.3 is 6.18 Å². The van der Waals surface area contributed by atoms with E-state index in [-0.39, 0.29) is 5.69 Å². The van der Waals surface area contributed by atoms with E-state index in [4.69, 9.17) is 0 Å². The van der Waals surface area contributed by atoms with Crippen LogP contribution in [0.4, 0.5) is 18.9 Å². The number of aromatic nitrogens is 1. The van der Waals surface area contributed by atoms with Crippen molar-refractivity contribution in [2.24, 2.45) is 0 Å². The molecule has 1 aromatic heterocycles. The third-order valence-corrected chi connectivity index (χ3v) is 3.74. The number of halogens is 3. The summed E-state index contributed by atoms with van der Waals surface area (Å²) < 4.78 is 39.0. The molecule has 0 unspecified atom stereocenters. The van der Waals surface area contributed by atoms with Crippen LogP contribution in [0, 0.1) is 0 Å². The molecule has 2 heterocycles. The first-order chi connectivity index (χ1) is 11.0. The van der Waals surface area contributed by atoms with Gasteiger partial charge in [0.05, 0.1) is 16.8 Å². The lowest BCUT2D eigenvalue weighted by Gasteiger charge is -2.20. The molecule has 0 saturated heterocycles. The highest BCUT2D eigenvalue weighted by molar-refractivity contribution is 6.05. The molecule has 4 nitrogen and oxygen atoms in total. The van der Waals surface area contributed by atoms with E-state index >= 15 is 0 Å². The number of fused-ring (bicyclic) bond motifs is 1. The van der Waals surface area contributed by atoms with Crippen molar-refractivity contribution in [2.45, 2.75) is 19.1 Å². The first-order valence-electron chi connectivity index (χ1n) is 7.11. The largest absolute Gasteiger partial charge is 0.418 e. The lowest BCUT2D eigenvalue weighted by molar-refractivity contribution is -0.136. The zero-order valence-corrected chi connectivity index (χ0v) is 12.1. The maximum atomic E-state index is 13.0. The van der Waals surface area contributed by atoms with Crippen LogP contribution < -0.4 is 10.6 Å². The van der Waals surface area contributed by atoms with Crippen molar-refractivity contribution in [3.63, 3.8) is 0 Å². The first kappa shape index (κ1) is 15.5. The number of carbonyl (C=O) groups excluding carboxylic acids is 1. The van der Waals surface area contributed by atoms with Crippen LogP contribution >= 0.6 is 0 Å². The zero-order chi connectivity index (χ0) is 16.4. The Morgan fingerprint density at radius 3 is 2.78 bits per heavy atom. The van der Waals surface area contributed by atoms with Gasteiger partial charge in [0, 0.05) is 18.9 Å². The summed E-state index contributed by atoms with van der Waals surface area (Å²) >= 11 is 0. The fraction of sp³-hybridized carbons (Fsp3) is 0.250. The predicted molar refractivity (Wildman–Crippen MR) is 79.0 cm³/mol. The highest BCUT2D eigenvalue weighted by Gasteiger charge is 2.33. The van der Waals surface area contributed by atoms with Gasteiger partial charge < -0.3 is 10.6 Å². The number of benzene rings is 1. The number of anilines is 1. The molecule has 7 heteroatoms. The molecule has 0 fully saturated rings. The number of para-hydroxylation sites is 1. The fourth-order valence-electron chi connectivity index (χ4n) is 2.64. The third-order valence-electron chi connectivity index (χ3n) is 3.74. The van der Waals surface area contributed by atoms with Crippen LogP contribution in [0.2, 0.25) is 0 Å². The van der Waals surface area contributed by atoms with Gasteiger partial charge in [0.15, 0.2) is 0 Å². The number of nitrogens with zero attached hydrogens (tertiary/aromatic N) is 1. The Morgan fingerprint density at radius 1 is 1.22 bits per heavy atom. The summed E-state index contributed by atoms with van der Waals surface area (Å²) in [4.78, 5) is 16.4. The lowest BCUT2D eigenvalue weighted by atomic mass is 9.98. The lowest BCUT2D eigenvalue weighted by Crippen LogP contribution is -2.27. The molecule has 0 aliphatic carbocycles. The van der Waals surface area contributed by atoms with Gasteiger partial charge in [-0.15, -0.1) is 0 Å². The summed E-state index contributed by atoms with van der Waals surface area (Å²) in [6, 6.07) is 4.92. The van der Waals surface area contributed by atoms with Crippen molar-refractivity contribution in [1.29, 1.82) is 0 Å². The summed E-state index contributed by atoms with van der Waals surface area (Å²) in [6.07, 6.45) is -0.818. The summed E-state index contributed by atoms with van der Waals surface area (Å²) in [5.74, 6) is -0.576. The molecule has 1 aromatic carbocycles. The number of hydrogen-bond donors (Lipinski definition) is 2. The highest BCUT2D eigenvalue weighted by Crippen LogP contribution is 2.34. The van der Waals surface area contributed by atoms with Gasteiger partial charge in [0.1, 0.15) is 0 Å². The quantitative estimate of drug-likeness (QED) is 0.894. The monoisotopic (exact) mass is 321 g/mol. The highest BCUT2D eigenvalue weighted by atomic mass is 19.4. The molecule has 2 N–H and O–H groups in total. The first-order valence-corrected chi connectivity index (χ1v) is 7.11. The maximum absolute atomic E-state index is 13.0. The van der Waals surface area contributed by atoms with Gasteiger partial charge in [-0.25, -0.2) is 0 Å². The molecule has 0 bridgehead atoms. The molecule has 3 rings (SSSR count). The van der Waals surface area contributed by atoms with Crippen molar-refractivity contribution >= 4 is 11.6 Å². The molecular formula is C16H14F3N3O. The number of amides is 1. The fourth-order valence-corrected chi connectivity index (χ4v) is 2.64. The van der Waals surface area contributed by atoms with Crippen molar-refractivity contribution in [3.8, 4) is 0 Å². The van der Waals surface area contributed by atoms with Gasteiger partial charge in [-0.1, -0.05) is 12.1 Å². The molecule has 2 aromatic rings. The van der Waals surface area contributed by atoms with Crippen LogP contribution in [-0.2, 0) is 19.1 Å². The Morgan fingerprint density at radius 2 is 2.00 bits per heavy atom. The number of rotatable bonds is 2. The third kappa shape index (κ3) is 3.19. The number of nitrogens with one attached hydrogen (secondary N) is 2. The second-order valence-electron chi connectivity index (χ2n) is 5.25. The summed E-state index contributed by atoms with van der Waals surface area (Å²) in [5, 5.41) is 5.53. The van der Waals surface area contributed by atoms with Gasteiger partial charge in [-0.3, -0.25) is 9.78 Å². The smallest absolute Gasteiger partial charge is 0.321 e. The topological polar surface area (TPSA) is 54.0 Å². The Hall–Kier alpha value is -2.41. The standard InChI is InChI=1S/C16H14F3N3O/c17-16(18,19)13-3-1-2-4-14(13)22-15(23)12-9-21-8-10-7-20-6-5-11(10)12/h1-4,8-9,20H,5-7H2,(H,22,23). The van der Waals surface area contributed by atoms with E-state index < -0.39 is 17.6 Å². The Bertz CT molecular complexity index is 744. The molecule has 1 amide bonds. The Labute approximate surface area is 130 Å². The summed E-state index contributed by atoms with van der Waals surface area (Å²) in [6.45, 7) is 1.32. The van der Waals surface area contributed by atoms with Crippen molar-refractivity contribution in [3.05, 3.63) is 58.9 Å². The Kier molecular flexibility index (Phi) is 4.04. The maximum Gasteiger partial charge on any atom is 0.418 e. The van der Waals surface area contributed by atoms with Gasteiger partial charge in [-0.05, 0) is 36.2 Å². The minimum absolute atomic E-state index is 0.253. The van der Waals surface area contributed by atoms with Crippen LogP contribution in [0.1, 0.15) is 27.0 Å². The second kappa shape index (κ2) is 6.00. The molecule has 0 radical (unpaired) electrons.